The van der Waals surface area contributed by atoms with Crippen LogP contribution in [0.4, 0.5) is 21.9 Å². The number of carbonyl (C=O) groups excluding carboxylic acids is 2. The average Bonchev–Trinajstić information content (AvgIpc) is 2.70. The largest absolute Gasteiger partial charge is 0.381 e. The van der Waals surface area contributed by atoms with Crippen molar-refractivity contribution >= 4 is 29.0 Å². The molecule has 5 N–H and O–H groups in total. The van der Waals surface area contributed by atoms with Crippen molar-refractivity contribution in [3.05, 3.63) is 54.6 Å². The van der Waals surface area contributed by atoms with E-state index in [9.17, 15) is 9.59 Å². The molecule has 7 heteroatoms. The Morgan fingerprint density at radius 3 is 1.96 bits per heavy atom. The van der Waals surface area contributed by atoms with Crippen molar-refractivity contribution in [2.75, 3.05) is 29.2 Å². The van der Waals surface area contributed by atoms with Crippen LogP contribution in [0.2, 0.25) is 0 Å². The second-order valence-corrected chi connectivity index (χ2v) is 6.49. The first kappa shape index (κ1) is 18.9. The summed E-state index contributed by atoms with van der Waals surface area (Å²) in [6, 6.07) is 15.2. The van der Waals surface area contributed by atoms with Crippen LogP contribution in [0.5, 0.6) is 0 Å². The van der Waals surface area contributed by atoms with Gasteiger partial charge in [-0.05, 0) is 55.2 Å². The van der Waals surface area contributed by atoms with Crippen LogP contribution in [0.15, 0.2) is 54.6 Å². The van der Waals surface area contributed by atoms with Crippen molar-refractivity contribution in [2.45, 2.75) is 18.9 Å². The summed E-state index contributed by atoms with van der Waals surface area (Å²) in [4.78, 5) is 24.3. The van der Waals surface area contributed by atoms with Crippen molar-refractivity contribution in [1.29, 1.82) is 0 Å². The Kier molecular flexibility index (Phi) is 6.40. The fourth-order valence-electron chi connectivity index (χ4n) is 2.97. The van der Waals surface area contributed by atoms with Crippen LogP contribution in [-0.2, 0) is 9.53 Å². The van der Waals surface area contributed by atoms with Crippen LogP contribution < -0.4 is 21.7 Å². The number of nitrogens with two attached hydrogens (primary N) is 1. The highest BCUT2D eigenvalue weighted by Gasteiger charge is 2.26. The second kappa shape index (κ2) is 9.16. The second-order valence-electron chi connectivity index (χ2n) is 6.49. The Morgan fingerprint density at radius 2 is 1.37 bits per heavy atom. The monoisotopic (exact) mass is 368 g/mol. The Hall–Kier alpha value is -2.90. The molecule has 2 aromatic carbocycles. The first-order valence-corrected chi connectivity index (χ1v) is 8.99. The molecular formula is C20H24N4O3. The number of carbonyl (C=O) groups is 2. The zero-order chi connectivity index (χ0) is 19.1. The van der Waals surface area contributed by atoms with Crippen molar-refractivity contribution in [3.63, 3.8) is 0 Å². The van der Waals surface area contributed by atoms with E-state index in [1.54, 1.807) is 36.4 Å². The van der Waals surface area contributed by atoms with Crippen molar-refractivity contribution < 1.29 is 14.3 Å². The molecule has 1 saturated heterocycles. The lowest BCUT2D eigenvalue weighted by Gasteiger charge is -2.26. The highest BCUT2D eigenvalue weighted by Crippen LogP contribution is 2.20. The van der Waals surface area contributed by atoms with Gasteiger partial charge >= 0.3 is 6.03 Å². The third-order valence-corrected chi connectivity index (χ3v) is 4.52. The van der Waals surface area contributed by atoms with E-state index < -0.39 is 6.04 Å². The number of urea groups is 1. The van der Waals surface area contributed by atoms with Gasteiger partial charge < -0.3 is 26.4 Å². The normalized spacial score (nSPS) is 15.6. The fourth-order valence-corrected chi connectivity index (χ4v) is 2.97. The molecule has 0 aromatic heterocycles. The molecule has 27 heavy (non-hydrogen) atoms. The van der Waals surface area contributed by atoms with Crippen LogP contribution in [0.3, 0.4) is 0 Å². The maximum atomic E-state index is 12.3. The summed E-state index contributed by atoms with van der Waals surface area (Å²) < 4.78 is 5.30. The number of hydrogen-bond donors (Lipinski definition) is 4. The van der Waals surface area contributed by atoms with Gasteiger partial charge in [-0.1, -0.05) is 18.2 Å². The summed E-state index contributed by atoms with van der Waals surface area (Å²) >= 11 is 0. The van der Waals surface area contributed by atoms with Gasteiger partial charge in [0.05, 0.1) is 6.04 Å². The molecule has 3 amide bonds. The number of para-hydroxylation sites is 1. The average molecular weight is 368 g/mol. The highest BCUT2D eigenvalue weighted by atomic mass is 16.5. The summed E-state index contributed by atoms with van der Waals surface area (Å²) in [6.45, 7) is 1.30. The SMILES string of the molecule is NC(C(=O)Nc1ccc(NC(=O)Nc2ccccc2)cc1)C1CCOCC1. The van der Waals surface area contributed by atoms with E-state index in [0.29, 0.717) is 30.3 Å². The molecule has 0 aliphatic carbocycles. The summed E-state index contributed by atoms with van der Waals surface area (Å²) in [6.07, 6.45) is 1.60. The fraction of sp³-hybridized carbons (Fsp3) is 0.300. The molecule has 1 atom stereocenters. The van der Waals surface area contributed by atoms with Crippen LogP contribution in [0, 0.1) is 5.92 Å². The molecule has 0 radical (unpaired) electrons. The molecular weight excluding hydrogens is 344 g/mol. The molecule has 1 aliphatic heterocycles. The predicted molar refractivity (Wildman–Crippen MR) is 106 cm³/mol. The Morgan fingerprint density at radius 1 is 0.852 bits per heavy atom. The zero-order valence-corrected chi connectivity index (χ0v) is 15.0. The number of amides is 3. The number of rotatable bonds is 5. The van der Waals surface area contributed by atoms with Crippen LogP contribution in [0.25, 0.3) is 0 Å². The van der Waals surface area contributed by atoms with Gasteiger partial charge in [-0.2, -0.15) is 0 Å². The maximum Gasteiger partial charge on any atom is 0.323 e. The Bertz CT molecular complexity index is 759. The number of ether oxygens (including phenoxy) is 1. The number of nitrogens with one attached hydrogen (secondary N) is 3. The maximum absolute atomic E-state index is 12.3. The van der Waals surface area contributed by atoms with Crippen molar-refractivity contribution in [2.24, 2.45) is 11.7 Å². The minimum Gasteiger partial charge on any atom is -0.381 e. The quantitative estimate of drug-likeness (QED) is 0.651. The highest BCUT2D eigenvalue weighted by molar-refractivity contribution is 6.00. The van der Waals surface area contributed by atoms with Gasteiger partial charge in [0.15, 0.2) is 0 Å². The molecule has 0 bridgehead atoms. The lowest BCUT2D eigenvalue weighted by molar-refractivity contribution is -0.119. The van der Waals surface area contributed by atoms with Gasteiger partial charge in [0, 0.05) is 30.3 Å². The first-order chi connectivity index (χ1) is 13.1. The van der Waals surface area contributed by atoms with Crippen LogP contribution >= 0.6 is 0 Å². The van der Waals surface area contributed by atoms with Gasteiger partial charge in [-0.3, -0.25) is 4.79 Å². The minimum absolute atomic E-state index is 0.140. The van der Waals surface area contributed by atoms with Crippen molar-refractivity contribution in [1.82, 2.24) is 0 Å². The predicted octanol–water partition coefficient (Wildman–Crippen LogP) is 3.02. The van der Waals surface area contributed by atoms with E-state index in [2.05, 4.69) is 16.0 Å². The number of anilines is 3. The van der Waals surface area contributed by atoms with Crippen LogP contribution in [0.1, 0.15) is 12.8 Å². The van der Waals surface area contributed by atoms with Gasteiger partial charge in [0.1, 0.15) is 0 Å². The third-order valence-electron chi connectivity index (χ3n) is 4.52. The Labute approximate surface area is 158 Å². The smallest absolute Gasteiger partial charge is 0.323 e. The molecule has 1 heterocycles. The molecule has 142 valence electrons. The zero-order valence-electron chi connectivity index (χ0n) is 15.0. The lowest BCUT2D eigenvalue weighted by Crippen LogP contribution is -2.43. The molecule has 3 rings (SSSR count). The van der Waals surface area contributed by atoms with Gasteiger partial charge in [-0.15, -0.1) is 0 Å². The number of hydrogen-bond acceptors (Lipinski definition) is 4. The van der Waals surface area contributed by atoms with Gasteiger partial charge in [0.2, 0.25) is 5.91 Å². The molecule has 1 fully saturated rings. The summed E-state index contributed by atoms with van der Waals surface area (Å²) in [5.74, 6) is -0.0641. The van der Waals surface area contributed by atoms with E-state index in [0.717, 1.165) is 12.8 Å². The summed E-state index contributed by atoms with van der Waals surface area (Å²) in [5, 5.41) is 8.31. The molecule has 7 nitrogen and oxygen atoms in total. The number of benzene rings is 2. The molecule has 0 spiro atoms. The molecule has 1 unspecified atom stereocenters. The summed E-state index contributed by atoms with van der Waals surface area (Å²) in [7, 11) is 0. The van der Waals surface area contributed by atoms with E-state index in [-0.39, 0.29) is 17.9 Å². The van der Waals surface area contributed by atoms with Crippen molar-refractivity contribution in [3.8, 4) is 0 Å². The van der Waals surface area contributed by atoms with E-state index in [4.69, 9.17) is 10.5 Å². The van der Waals surface area contributed by atoms with Gasteiger partial charge in [-0.25, -0.2) is 4.79 Å². The standard InChI is InChI=1S/C20H24N4O3/c21-18(14-10-12-27-13-11-14)19(25)22-16-6-8-17(9-7-16)24-20(26)23-15-4-2-1-3-5-15/h1-9,14,18H,10-13,21H2,(H,22,25)(H2,23,24,26). The molecule has 0 saturated carbocycles. The topological polar surface area (TPSA) is 105 Å². The van der Waals surface area contributed by atoms with Gasteiger partial charge in [0.25, 0.3) is 0 Å². The van der Waals surface area contributed by atoms with Crippen LogP contribution in [-0.4, -0.2) is 31.2 Å². The van der Waals surface area contributed by atoms with E-state index >= 15 is 0 Å². The van der Waals surface area contributed by atoms with E-state index in [1.807, 2.05) is 18.2 Å². The van der Waals surface area contributed by atoms with E-state index in [1.165, 1.54) is 0 Å². The lowest BCUT2D eigenvalue weighted by atomic mass is 9.92. The first-order valence-electron chi connectivity index (χ1n) is 8.99. The molecule has 1 aliphatic rings. The molecule has 2 aromatic rings. The minimum atomic E-state index is -0.552. The summed E-state index contributed by atoms with van der Waals surface area (Å²) in [5.41, 5.74) is 8.04. The Balaban J connectivity index is 1.50. The third kappa shape index (κ3) is 5.54.